The zero-order valence-corrected chi connectivity index (χ0v) is 19.9. The first-order valence-corrected chi connectivity index (χ1v) is 11.8. The predicted octanol–water partition coefficient (Wildman–Crippen LogP) is 2.95. The number of likely N-dealkylation sites (tertiary alicyclic amines) is 2. The Hall–Kier alpha value is -1.83. The van der Waals surface area contributed by atoms with Crippen molar-refractivity contribution in [2.24, 2.45) is 5.92 Å². The van der Waals surface area contributed by atoms with E-state index in [2.05, 4.69) is 17.1 Å². The van der Waals surface area contributed by atoms with Crippen LogP contribution >= 0.6 is 0 Å². The van der Waals surface area contributed by atoms with E-state index in [0.29, 0.717) is 26.1 Å². The molecule has 0 bridgehead atoms. The van der Waals surface area contributed by atoms with E-state index >= 15 is 0 Å². The Kier molecular flexibility index (Phi) is 9.59. The summed E-state index contributed by atoms with van der Waals surface area (Å²) in [7, 11) is 0. The number of hydrogen-bond acceptors (Lipinski definition) is 6. The van der Waals surface area contributed by atoms with Crippen molar-refractivity contribution < 1.29 is 23.9 Å². The van der Waals surface area contributed by atoms with Crippen molar-refractivity contribution in [3.05, 3.63) is 0 Å². The van der Waals surface area contributed by atoms with Gasteiger partial charge in [-0.2, -0.15) is 0 Å². The van der Waals surface area contributed by atoms with Crippen molar-refractivity contribution in [2.75, 3.05) is 32.8 Å². The van der Waals surface area contributed by atoms with E-state index in [0.717, 1.165) is 45.2 Å². The number of esters is 1. The third-order valence-electron chi connectivity index (χ3n) is 5.86. The molecule has 0 aliphatic carbocycles. The van der Waals surface area contributed by atoms with Crippen LogP contribution in [-0.4, -0.2) is 78.2 Å². The molecule has 0 aromatic carbocycles. The fraction of sp³-hybridized carbons (Fsp3) is 0.870. The van der Waals surface area contributed by atoms with E-state index in [4.69, 9.17) is 9.47 Å². The molecule has 3 atom stereocenters. The van der Waals surface area contributed by atoms with Gasteiger partial charge >= 0.3 is 12.1 Å². The van der Waals surface area contributed by atoms with Gasteiger partial charge in [0.05, 0.1) is 6.61 Å². The van der Waals surface area contributed by atoms with Crippen molar-refractivity contribution in [1.82, 2.24) is 15.1 Å². The summed E-state index contributed by atoms with van der Waals surface area (Å²) in [6.45, 7) is 12.5. The van der Waals surface area contributed by atoms with Crippen LogP contribution in [0.25, 0.3) is 0 Å². The lowest BCUT2D eigenvalue weighted by Gasteiger charge is -2.37. The second-order valence-corrected chi connectivity index (χ2v) is 9.64. The lowest BCUT2D eigenvalue weighted by Crippen LogP contribution is -2.51. The first-order chi connectivity index (χ1) is 14.7. The highest BCUT2D eigenvalue weighted by Gasteiger charge is 2.37. The van der Waals surface area contributed by atoms with Gasteiger partial charge in [-0.25, -0.2) is 4.79 Å². The topological polar surface area (TPSA) is 88.2 Å². The minimum atomic E-state index is -0.583. The van der Waals surface area contributed by atoms with Crippen LogP contribution in [0.5, 0.6) is 0 Å². The van der Waals surface area contributed by atoms with E-state index in [9.17, 15) is 14.4 Å². The number of nitrogens with zero attached hydrogens (tertiary/aromatic N) is 2. The molecular formula is C23H41N3O5. The molecule has 2 aliphatic rings. The van der Waals surface area contributed by atoms with Gasteiger partial charge in [0, 0.05) is 19.6 Å². The standard InChI is InChI=1S/C23H41N3O5/c1-6-10-19(21(28)30-7-2)25-13-8-11-17(16-25)15-24-20(27)18-12-9-14-26(18)22(29)31-23(3,4)5/h17-19H,6-16H2,1-5H3,(H,24,27)/t17-,18-,19-/m1/s1. The van der Waals surface area contributed by atoms with Crippen LogP contribution in [0.2, 0.25) is 0 Å². The van der Waals surface area contributed by atoms with Gasteiger partial charge in [-0.05, 0) is 72.3 Å². The normalized spacial score (nSPS) is 23.3. The number of carbonyl (C=O) groups excluding carboxylic acids is 3. The molecule has 31 heavy (non-hydrogen) atoms. The third kappa shape index (κ3) is 7.66. The minimum absolute atomic E-state index is 0.115. The van der Waals surface area contributed by atoms with Gasteiger partial charge in [0.15, 0.2) is 0 Å². The quantitative estimate of drug-likeness (QED) is 0.585. The van der Waals surface area contributed by atoms with Gasteiger partial charge in [0.2, 0.25) is 5.91 Å². The molecule has 178 valence electrons. The molecular weight excluding hydrogens is 398 g/mol. The lowest BCUT2D eigenvalue weighted by molar-refractivity contribution is -0.150. The number of rotatable bonds is 8. The van der Waals surface area contributed by atoms with Gasteiger partial charge in [0.25, 0.3) is 0 Å². The zero-order chi connectivity index (χ0) is 23.0. The van der Waals surface area contributed by atoms with Crippen LogP contribution in [0.1, 0.15) is 73.1 Å². The molecule has 0 radical (unpaired) electrons. The molecule has 2 fully saturated rings. The van der Waals surface area contributed by atoms with Gasteiger partial charge in [-0.15, -0.1) is 0 Å². The maximum Gasteiger partial charge on any atom is 0.410 e. The third-order valence-corrected chi connectivity index (χ3v) is 5.86. The Morgan fingerprint density at radius 1 is 1.10 bits per heavy atom. The Morgan fingerprint density at radius 3 is 2.45 bits per heavy atom. The van der Waals surface area contributed by atoms with Crippen LogP contribution < -0.4 is 5.32 Å². The summed E-state index contributed by atoms with van der Waals surface area (Å²) in [5, 5.41) is 3.06. The Balaban J connectivity index is 1.89. The Bertz CT molecular complexity index is 619. The molecule has 0 saturated carbocycles. The number of amides is 2. The van der Waals surface area contributed by atoms with E-state index in [1.165, 1.54) is 0 Å². The Morgan fingerprint density at radius 2 is 1.81 bits per heavy atom. The summed E-state index contributed by atoms with van der Waals surface area (Å²) >= 11 is 0. The number of ether oxygens (including phenoxy) is 2. The molecule has 2 rings (SSSR count). The maximum absolute atomic E-state index is 12.8. The van der Waals surface area contributed by atoms with Crippen LogP contribution in [0.3, 0.4) is 0 Å². The van der Waals surface area contributed by atoms with Gasteiger partial charge in [-0.3, -0.25) is 19.4 Å². The molecule has 8 heteroatoms. The monoisotopic (exact) mass is 439 g/mol. The predicted molar refractivity (Wildman–Crippen MR) is 119 cm³/mol. The average Bonchev–Trinajstić information content (AvgIpc) is 3.19. The number of hydrogen-bond donors (Lipinski definition) is 1. The summed E-state index contributed by atoms with van der Waals surface area (Å²) in [5.74, 6) is 0.0202. The van der Waals surface area contributed by atoms with Crippen LogP contribution in [-0.2, 0) is 19.1 Å². The fourth-order valence-corrected chi connectivity index (χ4v) is 4.45. The summed E-state index contributed by atoms with van der Waals surface area (Å²) in [4.78, 5) is 41.4. The Labute approximate surface area is 187 Å². The molecule has 0 spiro atoms. The van der Waals surface area contributed by atoms with E-state index < -0.39 is 17.7 Å². The summed E-state index contributed by atoms with van der Waals surface area (Å²) in [6.07, 6.45) is 4.74. The first-order valence-electron chi connectivity index (χ1n) is 11.8. The lowest BCUT2D eigenvalue weighted by atomic mass is 9.95. The van der Waals surface area contributed by atoms with Crippen molar-refractivity contribution in [3.63, 3.8) is 0 Å². The second-order valence-electron chi connectivity index (χ2n) is 9.64. The van der Waals surface area contributed by atoms with E-state index in [1.807, 2.05) is 27.7 Å². The minimum Gasteiger partial charge on any atom is -0.465 e. The molecule has 0 aromatic rings. The molecule has 2 aliphatic heterocycles. The SMILES string of the molecule is CCC[C@H](C(=O)OCC)N1CCC[C@H](CNC(=O)[C@H]2CCCN2C(=O)OC(C)(C)C)C1. The number of nitrogens with one attached hydrogen (secondary N) is 1. The van der Waals surface area contributed by atoms with Crippen LogP contribution in [0.4, 0.5) is 4.79 Å². The largest absolute Gasteiger partial charge is 0.465 e. The van der Waals surface area contributed by atoms with Gasteiger partial charge in [-0.1, -0.05) is 13.3 Å². The van der Waals surface area contributed by atoms with Gasteiger partial charge < -0.3 is 14.8 Å². The maximum atomic E-state index is 12.8. The number of piperidine rings is 1. The molecule has 1 N–H and O–H groups in total. The summed E-state index contributed by atoms with van der Waals surface area (Å²) in [6, 6.07) is -0.678. The van der Waals surface area contributed by atoms with Crippen molar-refractivity contribution in [1.29, 1.82) is 0 Å². The molecule has 0 unspecified atom stereocenters. The van der Waals surface area contributed by atoms with Gasteiger partial charge in [0.1, 0.15) is 17.7 Å². The van der Waals surface area contributed by atoms with Crippen molar-refractivity contribution in [2.45, 2.75) is 90.8 Å². The fourth-order valence-electron chi connectivity index (χ4n) is 4.45. The van der Waals surface area contributed by atoms with Crippen molar-refractivity contribution in [3.8, 4) is 0 Å². The van der Waals surface area contributed by atoms with Crippen molar-refractivity contribution >= 4 is 18.0 Å². The van der Waals surface area contributed by atoms with E-state index in [-0.39, 0.29) is 23.8 Å². The second kappa shape index (κ2) is 11.7. The molecule has 2 saturated heterocycles. The van der Waals surface area contributed by atoms with Crippen LogP contribution in [0, 0.1) is 5.92 Å². The summed E-state index contributed by atoms with van der Waals surface area (Å²) < 4.78 is 10.7. The summed E-state index contributed by atoms with van der Waals surface area (Å²) in [5.41, 5.74) is -0.583. The average molecular weight is 440 g/mol. The van der Waals surface area contributed by atoms with Crippen LogP contribution in [0.15, 0.2) is 0 Å². The molecule has 2 heterocycles. The first kappa shape index (κ1) is 25.4. The highest BCUT2D eigenvalue weighted by molar-refractivity contribution is 5.86. The molecule has 0 aromatic heterocycles. The van der Waals surface area contributed by atoms with E-state index in [1.54, 1.807) is 4.90 Å². The zero-order valence-electron chi connectivity index (χ0n) is 19.9. The molecule has 2 amide bonds. The smallest absolute Gasteiger partial charge is 0.410 e. The highest BCUT2D eigenvalue weighted by Crippen LogP contribution is 2.23. The number of carbonyl (C=O) groups is 3. The highest BCUT2D eigenvalue weighted by atomic mass is 16.6. The molecule has 8 nitrogen and oxygen atoms in total.